The minimum atomic E-state index is -1.36. The molecule has 7 heteroatoms. The summed E-state index contributed by atoms with van der Waals surface area (Å²) >= 11 is 0. The molecular formula is C12H22N2O5. The van der Waals surface area contributed by atoms with E-state index in [1.165, 1.54) is 6.92 Å². The number of amides is 2. The van der Waals surface area contributed by atoms with Gasteiger partial charge in [0, 0.05) is 0 Å². The second kappa shape index (κ2) is 7.30. The molecule has 0 aliphatic heterocycles. The number of aliphatic hydroxyl groups excluding tert-OH is 2. The van der Waals surface area contributed by atoms with Gasteiger partial charge < -0.3 is 26.0 Å². The molecule has 1 fully saturated rings. The van der Waals surface area contributed by atoms with E-state index in [-0.39, 0.29) is 6.04 Å². The summed E-state index contributed by atoms with van der Waals surface area (Å²) in [5.41, 5.74) is 0. The van der Waals surface area contributed by atoms with Gasteiger partial charge in [0.15, 0.2) is 6.04 Å². The van der Waals surface area contributed by atoms with Gasteiger partial charge in [0.2, 0.25) is 0 Å². The Kier molecular flexibility index (Phi) is 6.04. The van der Waals surface area contributed by atoms with Crippen molar-refractivity contribution in [2.45, 2.75) is 63.3 Å². The molecule has 4 atom stereocenters. The third kappa shape index (κ3) is 5.04. The van der Waals surface area contributed by atoms with Gasteiger partial charge in [-0.3, -0.25) is 0 Å². The second-order valence-electron chi connectivity index (χ2n) is 4.99. The highest BCUT2D eigenvalue weighted by Crippen LogP contribution is 2.17. The first-order valence-corrected chi connectivity index (χ1v) is 6.57. The molecule has 0 aromatic carbocycles. The summed E-state index contributed by atoms with van der Waals surface area (Å²) in [5, 5.41) is 32.7. The topological polar surface area (TPSA) is 119 Å². The monoisotopic (exact) mass is 274 g/mol. The van der Waals surface area contributed by atoms with Crippen LogP contribution in [-0.2, 0) is 4.79 Å². The van der Waals surface area contributed by atoms with Crippen LogP contribution in [-0.4, -0.2) is 51.6 Å². The summed E-state index contributed by atoms with van der Waals surface area (Å²) < 4.78 is 0. The molecule has 1 saturated carbocycles. The highest BCUT2D eigenvalue weighted by molar-refractivity contribution is 5.83. The highest BCUT2D eigenvalue weighted by atomic mass is 16.4. The van der Waals surface area contributed by atoms with E-state index >= 15 is 0 Å². The average molecular weight is 274 g/mol. The predicted octanol–water partition coefficient (Wildman–Crippen LogP) is -0.187. The van der Waals surface area contributed by atoms with E-state index in [2.05, 4.69) is 10.6 Å². The molecule has 19 heavy (non-hydrogen) atoms. The highest BCUT2D eigenvalue weighted by Gasteiger charge is 2.28. The lowest BCUT2D eigenvalue weighted by atomic mass is 10.1. The Bertz CT molecular complexity index is 321. The van der Waals surface area contributed by atoms with E-state index in [4.69, 9.17) is 5.11 Å². The molecule has 0 bridgehead atoms. The lowest BCUT2D eigenvalue weighted by Gasteiger charge is -2.24. The minimum Gasteiger partial charge on any atom is -0.480 e. The van der Waals surface area contributed by atoms with Crippen molar-refractivity contribution >= 4 is 12.0 Å². The van der Waals surface area contributed by atoms with Crippen LogP contribution in [0, 0.1) is 0 Å². The molecule has 5 N–H and O–H groups in total. The number of carbonyl (C=O) groups excluding carboxylic acids is 1. The van der Waals surface area contributed by atoms with E-state index in [0.29, 0.717) is 12.8 Å². The Morgan fingerprint density at radius 3 is 2.42 bits per heavy atom. The first kappa shape index (κ1) is 15.7. The Morgan fingerprint density at radius 1 is 1.21 bits per heavy atom. The van der Waals surface area contributed by atoms with Crippen LogP contribution in [0.5, 0.6) is 0 Å². The zero-order valence-electron chi connectivity index (χ0n) is 11.0. The van der Waals surface area contributed by atoms with Crippen LogP contribution >= 0.6 is 0 Å². The van der Waals surface area contributed by atoms with Crippen molar-refractivity contribution in [3.63, 3.8) is 0 Å². The third-order valence-electron chi connectivity index (χ3n) is 3.33. The van der Waals surface area contributed by atoms with E-state index in [9.17, 15) is 19.8 Å². The molecule has 0 spiro atoms. The summed E-state index contributed by atoms with van der Waals surface area (Å²) in [4.78, 5) is 22.5. The second-order valence-corrected chi connectivity index (χ2v) is 4.99. The summed E-state index contributed by atoms with van der Waals surface area (Å²) in [7, 11) is 0. The van der Waals surface area contributed by atoms with Gasteiger partial charge in [-0.15, -0.1) is 0 Å². The van der Waals surface area contributed by atoms with Crippen molar-refractivity contribution in [2.24, 2.45) is 0 Å². The summed E-state index contributed by atoms with van der Waals surface area (Å²) in [6, 6.07) is -2.41. The van der Waals surface area contributed by atoms with Crippen molar-refractivity contribution in [1.82, 2.24) is 10.6 Å². The number of hydrogen-bond donors (Lipinski definition) is 5. The number of carbonyl (C=O) groups is 2. The third-order valence-corrected chi connectivity index (χ3v) is 3.33. The Hall–Kier alpha value is -1.34. The van der Waals surface area contributed by atoms with Crippen LogP contribution in [0.4, 0.5) is 4.79 Å². The Morgan fingerprint density at radius 2 is 1.84 bits per heavy atom. The van der Waals surface area contributed by atoms with E-state index in [1.54, 1.807) is 0 Å². The van der Waals surface area contributed by atoms with E-state index in [0.717, 1.165) is 19.3 Å². The number of carboxylic acid groups (broad SMARTS) is 1. The van der Waals surface area contributed by atoms with Crippen LogP contribution in [0.15, 0.2) is 0 Å². The van der Waals surface area contributed by atoms with Crippen LogP contribution in [0.25, 0.3) is 0 Å². The molecule has 7 nitrogen and oxygen atoms in total. The summed E-state index contributed by atoms with van der Waals surface area (Å²) in [5.74, 6) is -1.30. The molecule has 0 aromatic heterocycles. The van der Waals surface area contributed by atoms with Crippen molar-refractivity contribution in [3.05, 3.63) is 0 Å². The SMILES string of the molecule is CC(O)C(NC(=O)NC1CCCCCC1O)C(=O)O. The zero-order chi connectivity index (χ0) is 14.4. The van der Waals surface area contributed by atoms with Crippen LogP contribution in [0.3, 0.4) is 0 Å². The zero-order valence-corrected chi connectivity index (χ0v) is 11.0. The van der Waals surface area contributed by atoms with Gasteiger partial charge in [0.05, 0.1) is 18.2 Å². The van der Waals surface area contributed by atoms with Gasteiger partial charge in [-0.05, 0) is 19.8 Å². The molecule has 0 aromatic rings. The smallest absolute Gasteiger partial charge is 0.328 e. The minimum absolute atomic E-state index is 0.369. The number of aliphatic carboxylic acids is 1. The summed E-state index contributed by atoms with van der Waals surface area (Å²) in [6.45, 7) is 1.29. The maximum Gasteiger partial charge on any atom is 0.328 e. The van der Waals surface area contributed by atoms with Gasteiger partial charge in [0.1, 0.15) is 0 Å². The fraction of sp³-hybridized carbons (Fsp3) is 0.833. The van der Waals surface area contributed by atoms with Gasteiger partial charge >= 0.3 is 12.0 Å². The number of hydrogen-bond acceptors (Lipinski definition) is 4. The molecule has 1 rings (SSSR count). The fourth-order valence-corrected chi connectivity index (χ4v) is 2.20. The van der Waals surface area contributed by atoms with E-state index < -0.39 is 30.3 Å². The maximum atomic E-state index is 11.7. The van der Waals surface area contributed by atoms with Crippen molar-refractivity contribution in [3.8, 4) is 0 Å². The normalized spacial score (nSPS) is 26.9. The van der Waals surface area contributed by atoms with Gasteiger partial charge in [-0.2, -0.15) is 0 Å². The molecule has 1 aliphatic rings. The number of urea groups is 1. The van der Waals surface area contributed by atoms with Crippen LogP contribution in [0.1, 0.15) is 39.0 Å². The maximum absolute atomic E-state index is 11.7. The van der Waals surface area contributed by atoms with Crippen LogP contribution < -0.4 is 10.6 Å². The number of aliphatic hydroxyl groups is 2. The molecular weight excluding hydrogens is 252 g/mol. The molecule has 4 unspecified atom stereocenters. The van der Waals surface area contributed by atoms with Gasteiger partial charge in [-0.1, -0.05) is 19.3 Å². The molecule has 1 aliphatic carbocycles. The van der Waals surface area contributed by atoms with E-state index in [1.807, 2.05) is 0 Å². The molecule has 2 amide bonds. The average Bonchev–Trinajstić information content (AvgIpc) is 2.51. The molecule has 110 valence electrons. The number of carboxylic acids is 1. The Labute approximate surface area is 112 Å². The number of rotatable bonds is 4. The van der Waals surface area contributed by atoms with Crippen molar-refractivity contribution < 1.29 is 24.9 Å². The first-order chi connectivity index (χ1) is 8.91. The van der Waals surface area contributed by atoms with Crippen molar-refractivity contribution in [2.75, 3.05) is 0 Å². The molecule has 0 radical (unpaired) electrons. The largest absolute Gasteiger partial charge is 0.480 e. The van der Waals surface area contributed by atoms with Crippen molar-refractivity contribution in [1.29, 1.82) is 0 Å². The fourth-order valence-electron chi connectivity index (χ4n) is 2.20. The molecule has 0 saturated heterocycles. The lowest BCUT2D eigenvalue weighted by molar-refractivity contribution is -0.141. The predicted molar refractivity (Wildman–Crippen MR) is 67.7 cm³/mol. The van der Waals surface area contributed by atoms with Crippen LogP contribution in [0.2, 0.25) is 0 Å². The summed E-state index contributed by atoms with van der Waals surface area (Å²) in [6.07, 6.45) is 2.35. The quantitative estimate of drug-likeness (QED) is 0.455. The number of nitrogens with one attached hydrogen (secondary N) is 2. The van der Waals surface area contributed by atoms with Gasteiger partial charge in [-0.25, -0.2) is 9.59 Å². The lowest BCUT2D eigenvalue weighted by Crippen LogP contribution is -2.54. The van der Waals surface area contributed by atoms with Gasteiger partial charge in [0.25, 0.3) is 0 Å². The standard InChI is InChI=1S/C12H22N2O5/c1-7(15)10(11(17)18)14-12(19)13-8-5-3-2-4-6-9(8)16/h7-10,15-16H,2-6H2,1H3,(H,17,18)(H2,13,14,19). The Balaban J connectivity index is 2.51. The first-order valence-electron chi connectivity index (χ1n) is 6.57. The molecule has 0 heterocycles.